The molecule has 0 aliphatic rings. The van der Waals surface area contributed by atoms with Crippen molar-refractivity contribution in [2.24, 2.45) is 7.05 Å². The number of hydrogen-bond acceptors (Lipinski definition) is 2. The third-order valence-electron chi connectivity index (χ3n) is 3.52. The predicted molar refractivity (Wildman–Crippen MR) is 79.3 cm³/mol. The van der Waals surface area contributed by atoms with Crippen LogP contribution >= 0.6 is 0 Å². The summed E-state index contributed by atoms with van der Waals surface area (Å²) in [5, 5.41) is 0.955. The summed E-state index contributed by atoms with van der Waals surface area (Å²) in [5.41, 5.74) is 2.24. The maximum absolute atomic E-state index is 12.7. The highest BCUT2D eigenvalue weighted by atomic mass is 16.5. The zero-order valence-electron chi connectivity index (χ0n) is 11.5. The molecule has 0 N–H and O–H groups in total. The lowest BCUT2D eigenvalue weighted by atomic mass is 10.1. The normalized spacial score (nSPS) is 10.7. The Morgan fingerprint density at radius 3 is 2.35 bits per heavy atom. The van der Waals surface area contributed by atoms with Crippen LogP contribution in [0, 0.1) is 0 Å². The van der Waals surface area contributed by atoms with E-state index >= 15 is 0 Å². The van der Waals surface area contributed by atoms with Crippen molar-refractivity contribution < 1.29 is 9.53 Å². The summed E-state index contributed by atoms with van der Waals surface area (Å²) in [6.45, 7) is 0. The maximum atomic E-state index is 12.7. The lowest BCUT2D eigenvalue weighted by Crippen LogP contribution is -2.08. The van der Waals surface area contributed by atoms with Crippen molar-refractivity contribution in [2.75, 3.05) is 7.11 Å². The van der Waals surface area contributed by atoms with Crippen LogP contribution in [0.1, 0.15) is 16.1 Å². The van der Waals surface area contributed by atoms with Crippen molar-refractivity contribution in [3.63, 3.8) is 0 Å². The van der Waals surface area contributed by atoms with E-state index in [-0.39, 0.29) is 5.78 Å². The van der Waals surface area contributed by atoms with Crippen molar-refractivity contribution >= 4 is 16.7 Å². The lowest BCUT2D eigenvalue weighted by molar-refractivity contribution is 0.102. The Bertz CT molecular complexity index is 772. The number of hydrogen-bond donors (Lipinski definition) is 0. The van der Waals surface area contributed by atoms with E-state index < -0.39 is 0 Å². The minimum absolute atomic E-state index is 0.0267. The molecule has 0 amide bonds. The van der Waals surface area contributed by atoms with Gasteiger partial charge in [-0.05, 0) is 12.1 Å². The van der Waals surface area contributed by atoms with Crippen LogP contribution < -0.4 is 4.74 Å². The molecule has 2 aromatic carbocycles. The smallest absolute Gasteiger partial charge is 0.213 e. The van der Waals surface area contributed by atoms with Crippen molar-refractivity contribution in [2.45, 2.75) is 0 Å². The Morgan fingerprint density at radius 1 is 1.00 bits per heavy atom. The number of fused-ring (bicyclic) bond motifs is 1. The van der Waals surface area contributed by atoms with E-state index in [9.17, 15) is 4.79 Å². The molecule has 0 bridgehead atoms. The van der Waals surface area contributed by atoms with Crippen molar-refractivity contribution in [3.8, 4) is 5.75 Å². The van der Waals surface area contributed by atoms with Crippen LogP contribution in [-0.2, 0) is 7.05 Å². The number of nitrogens with zero attached hydrogens (tertiary/aromatic N) is 1. The molecule has 3 heteroatoms. The molecule has 1 heterocycles. The zero-order chi connectivity index (χ0) is 14.1. The summed E-state index contributed by atoms with van der Waals surface area (Å²) in [4.78, 5) is 12.7. The quantitative estimate of drug-likeness (QED) is 0.679. The highest BCUT2D eigenvalue weighted by Gasteiger charge is 2.22. The summed E-state index contributed by atoms with van der Waals surface area (Å²) < 4.78 is 7.37. The number of rotatable bonds is 3. The monoisotopic (exact) mass is 265 g/mol. The molecule has 0 atom stereocenters. The average molecular weight is 265 g/mol. The van der Waals surface area contributed by atoms with Gasteiger partial charge in [0.2, 0.25) is 5.78 Å². The molecule has 0 saturated carbocycles. The number of ketones is 1. The number of aromatic nitrogens is 1. The third kappa shape index (κ3) is 1.79. The molecule has 0 saturated heterocycles. The largest absolute Gasteiger partial charge is 0.494 e. The molecule has 0 aliphatic carbocycles. The maximum Gasteiger partial charge on any atom is 0.213 e. The first kappa shape index (κ1) is 12.5. The molecule has 3 aromatic rings. The lowest BCUT2D eigenvalue weighted by Gasteiger charge is -2.06. The molecular weight excluding hydrogens is 250 g/mol. The third-order valence-corrected chi connectivity index (χ3v) is 3.52. The van der Waals surface area contributed by atoms with Crippen molar-refractivity contribution in [1.82, 2.24) is 4.57 Å². The summed E-state index contributed by atoms with van der Waals surface area (Å²) in [5.74, 6) is 0.609. The zero-order valence-corrected chi connectivity index (χ0v) is 11.5. The molecule has 0 spiro atoms. The minimum Gasteiger partial charge on any atom is -0.494 e. The molecule has 3 rings (SSSR count). The minimum atomic E-state index is -0.0267. The van der Waals surface area contributed by atoms with E-state index in [1.54, 1.807) is 7.11 Å². The van der Waals surface area contributed by atoms with Crippen LogP contribution in [0.15, 0.2) is 54.6 Å². The van der Waals surface area contributed by atoms with E-state index in [1.165, 1.54) is 0 Å². The van der Waals surface area contributed by atoms with Gasteiger partial charge in [-0.1, -0.05) is 42.5 Å². The van der Waals surface area contributed by atoms with Crippen molar-refractivity contribution in [3.05, 3.63) is 65.9 Å². The van der Waals surface area contributed by atoms with Gasteiger partial charge in [0, 0.05) is 18.0 Å². The molecule has 20 heavy (non-hydrogen) atoms. The molecule has 0 unspecified atom stereocenters. The van der Waals surface area contributed by atoms with Gasteiger partial charge in [0.15, 0.2) is 5.75 Å². The van der Waals surface area contributed by atoms with E-state index in [2.05, 4.69) is 0 Å². The van der Waals surface area contributed by atoms with Gasteiger partial charge >= 0.3 is 0 Å². The first-order chi connectivity index (χ1) is 9.74. The van der Waals surface area contributed by atoms with Gasteiger partial charge in [0.05, 0.1) is 12.6 Å². The van der Waals surface area contributed by atoms with Crippen LogP contribution in [0.4, 0.5) is 0 Å². The highest BCUT2D eigenvalue weighted by molar-refractivity contribution is 6.13. The summed E-state index contributed by atoms with van der Waals surface area (Å²) >= 11 is 0. The Hall–Kier alpha value is -2.55. The summed E-state index contributed by atoms with van der Waals surface area (Å²) in [7, 11) is 3.49. The number of benzene rings is 2. The fraction of sp³-hybridized carbons (Fsp3) is 0.118. The van der Waals surface area contributed by atoms with E-state index in [4.69, 9.17) is 4.74 Å². The van der Waals surface area contributed by atoms with Crippen LogP contribution in [0.25, 0.3) is 10.9 Å². The Kier molecular flexibility index (Phi) is 3.03. The number of carbonyl (C=O) groups is 1. The number of methoxy groups -OCH3 is 1. The van der Waals surface area contributed by atoms with Gasteiger partial charge in [-0.3, -0.25) is 4.79 Å². The second kappa shape index (κ2) is 4.85. The fourth-order valence-electron chi connectivity index (χ4n) is 2.55. The number of ether oxygens (including phenoxy) is 1. The Balaban J connectivity index is 2.26. The Labute approximate surface area is 117 Å². The second-order valence-corrected chi connectivity index (χ2v) is 4.65. The number of carbonyl (C=O) groups excluding carboxylic acids is 1. The van der Waals surface area contributed by atoms with Gasteiger partial charge in [-0.15, -0.1) is 0 Å². The second-order valence-electron chi connectivity index (χ2n) is 4.65. The molecule has 0 fully saturated rings. The van der Waals surface area contributed by atoms with Crippen LogP contribution in [0.2, 0.25) is 0 Å². The molecule has 3 nitrogen and oxygen atoms in total. The predicted octanol–water partition coefficient (Wildman–Crippen LogP) is 3.42. The molecule has 0 radical (unpaired) electrons. The molecule has 0 aliphatic heterocycles. The molecule has 1 aromatic heterocycles. The Morgan fingerprint density at radius 2 is 1.65 bits per heavy atom. The van der Waals surface area contributed by atoms with Gasteiger partial charge in [0.1, 0.15) is 5.69 Å². The fourth-order valence-corrected chi connectivity index (χ4v) is 2.55. The van der Waals surface area contributed by atoms with Crippen LogP contribution in [-0.4, -0.2) is 17.5 Å². The van der Waals surface area contributed by atoms with E-state index in [1.807, 2.05) is 66.2 Å². The van der Waals surface area contributed by atoms with Crippen LogP contribution in [0.5, 0.6) is 5.75 Å². The first-order valence-electron chi connectivity index (χ1n) is 6.45. The SMILES string of the molecule is COc1c(C(=O)c2ccccc2)n(C)c2ccccc12. The van der Waals surface area contributed by atoms with Gasteiger partial charge in [-0.2, -0.15) is 0 Å². The summed E-state index contributed by atoms with van der Waals surface area (Å²) in [6.07, 6.45) is 0. The molecular formula is C17H15NO2. The highest BCUT2D eigenvalue weighted by Crippen LogP contribution is 2.33. The van der Waals surface area contributed by atoms with Gasteiger partial charge < -0.3 is 9.30 Å². The topological polar surface area (TPSA) is 31.2 Å². The standard InChI is InChI=1S/C17H15NO2/c1-18-14-11-7-6-10-13(14)17(20-2)15(18)16(19)12-8-4-3-5-9-12/h3-11H,1-2H3. The van der Waals surface area contributed by atoms with E-state index in [0.717, 1.165) is 10.9 Å². The van der Waals surface area contributed by atoms with Crippen LogP contribution in [0.3, 0.4) is 0 Å². The van der Waals surface area contributed by atoms with Gasteiger partial charge in [0.25, 0.3) is 0 Å². The average Bonchev–Trinajstić information content (AvgIpc) is 2.80. The molecule has 100 valence electrons. The van der Waals surface area contributed by atoms with Crippen molar-refractivity contribution in [1.29, 1.82) is 0 Å². The van der Waals surface area contributed by atoms with E-state index in [0.29, 0.717) is 17.0 Å². The van der Waals surface area contributed by atoms with Gasteiger partial charge in [-0.25, -0.2) is 0 Å². The number of aryl methyl sites for hydroxylation is 1. The number of para-hydroxylation sites is 1. The first-order valence-corrected chi connectivity index (χ1v) is 6.45. The summed E-state index contributed by atoms with van der Waals surface area (Å²) in [6, 6.07) is 17.1.